The Bertz CT molecular complexity index is 280. The Morgan fingerprint density at radius 2 is 1.88 bits per heavy atom. The molecule has 1 saturated heterocycles. The van der Waals surface area contributed by atoms with Gasteiger partial charge in [-0.2, -0.15) is 0 Å². The third kappa shape index (κ3) is 2.63. The molecule has 0 radical (unpaired) electrons. The van der Waals surface area contributed by atoms with Crippen molar-refractivity contribution in [1.29, 1.82) is 0 Å². The standard InChI is InChI=1S/C9H17N3O4/c1-4(2)9-8(15)7(14)6(13)5(16-9)3-11-12-10/h4-9,13-15H,3H2,1-2H3/t5?,6-,7?,8?,9-/m0/s1. The molecule has 0 amide bonds. The smallest absolute Gasteiger partial charge is 0.111 e. The van der Waals surface area contributed by atoms with Gasteiger partial charge in [0.25, 0.3) is 0 Å². The van der Waals surface area contributed by atoms with Gasteiger partial charge >= 0.3 is 0 Å². The monoisotopic (exact) mass is 231 g/mol. The van der Waals surface area contributed by atoms with Gasteiger partial charge in [0.05, 0.1) is 18.8 Å². The molecular formula is C9H17N3O4. The number of hydrogen-bond acceptors (Lipinski definition) is 5. The van der Waals surface area contributed by atoms with E-state index in [0.29, 0.717) is 0 Å². The van der Waals surface area contributed by atoms with E-state index in [2.05, 4.69) is 10.0 Å². The molecule has 5 atom stereocenters. The van der Waals surface area contributed by atoms with Gasteiger partial charge in [-0.25, -0.2) is 0 Å². The fraction of sp³-hybridized carbons (Fsp3) is 1.00. The van der Waals surface area contributed by atoms with Gasteiger partial charge < -0.3 is 20.1 Å². The van der Waals surface area contributed by atoms with Crippen LogP contribution in [0.25, 0.3) is 10.4 Å². The van der Waals surface area contributed by atoms with Crippen molar-refractivity contribution in [3.8, 4) is 0 Å². The molecule has 3 N–H and O–H groups in total. The van der Waals surface area contributed by atoms with Gasteiger partial charge in [0.2, 0.25) is 0 Å². The average Bonchev–Trinajstić information content (AvgIpc) is 2.24. The van der Waals surface area contributed by atoms with Crippen molar-refractivity contribution < 1.29 is 20.1 Å². The van der Waals surface area contributed by atoms with Gasteiger partial charge in [0, 0.05) is 4.91 Å². The zero-order valence-corrected chi connectivity index (χ0v) is 9.26. The van der Waals surface area contributed by atoms with Gasteiger partial charge in [-0.15, -0.1) is 0 Å². The van der Waals surface area contributed by atoms with Crippen LogP contribution in [0.3, 0.4) is 0 Å². The second kappa shape index (κ2) is 5.47. The lowest BCUT2D eigenvalue weighted by Crippen LogP contribution is -2.59. The summed E-state index contributed by atoms with van der Waals surface area (Å²) in [6.07, 6.45) is -4.99. The molecule has 0 saturated carbocycles. The molecule has 0 aliphatic carbocycles. The highest BCUT2D eigenvalue weighted by Crippen LogP contribution is 2.25. The van der Waals surface area contributed by atoms with Gasteiger partial charge in [0.1, 0.15) is 18.3 Å². The van der Waals surface area contributed by atoms with Crippen molar-refractivity contribution >= 4 is 0 Å². The van der Waals surface area contributed by atoms with Crippen LogP contribution < -0.4 is 0 Å². The molecule has 1 fully saturated rings. The predicted molar refractivity (Wildman–Crippen MR) is 55.5 cm³/mol. The van der Waals surface area contributed by atoms with E-state index in [1.54, 1.807) is 0 Å². The lowest BCUT2D eigenvalue weighted by molar-refractivity contribution is -0.228. The minimum absolute atomic E-state index is 0.00860. The Morgan fingerprint density at radius 1 is 1.25 bits per heavy atom. The van der Waals surface area contributed by atoms with Crippen LogP contribution in [-0.4, -0.2) is 52.4 Å². The summed E-state index contributed by atoms with van der Waals surface area (Å²) >= 11 is 0. The first-order valence-electron chi connectivity index (χ1n) is 5.19. The van der Waals surface area contributed by atoms with Crippen molar-refractivity contribution in [3.63, 3.8) is 0 Å². The summed E-state index contributed by atoms with van der Waals surface area (Å²) in [7, 11) is 0. The molecule has 0 spiro atoms. The van der Waals surface area contributed by atoms with Gasteiger partial charge in [-0.3, -0.25) is 0 Å². The van der Waals surface area contributed by atoms with E-state index in [-0.39, 0.29) is 12.5 Å². The van der Waals surface area contributed by atoms with Crippen LogP contribution in [0.4, 0.5) is 0 Å². The summed E-state index contributed by atoms with van der Waals surface area (Å²) in [4.78, 5) is 2.57. The maximum atomic E-state index is 9.68. The average molecular weight is 231 g/mol. The Labute approximate surface area is 93.3 Å². The van der Waals surface area contributed by atoms with E-state index in [1.807, 2.05) is 13.8 Å². The zero-order chi connectivity index (χ0) is 12.3. The molecule has 1 aliphatic heterocycles. The maximum absolute atomic E-state index is 9.68. The highest BCUT2D eigenvalue weighted by molar-refractivity contribution is 4.93. The summed E-state index contributed by atoms with van der Waals surface area (Å²) in [6, 6.07) is 0. The summed E-state index contributed by atoms with van der Waals surface area (Å²) < 4.78 is 5.42. The van der Waals surface area contributed by atoms with Gasteiger partial charge in [-0.1, -0.05) is 19.0 Å². The zero-order valence-electron chi connectivity index (χ0n) is 9.26. The summed E-state index contributed by atoms with van der Waals surface area (Å²) in [5.74, 6) is -0.00860. The topological polar surface area (TPSA) is 119 Å². The minimum atomic E-state index is -1.28. The number of nitrogens with zero attached hydrogens (tertiary/aromatic N) is 3. The van der Waals surface area contributed by atoms with Gasteiger partial charge in [0.15, 0.2) is 0 Å². The van der Waals surface area contributed by atoms with Crippen molar-refractivity contribution in [2.45, 2.75) is 44.4 Å². The Hall–Kier alpha value is -0.850. The second-order valence-electron chi connectivity index (χ2n) is 4.27. The third-order valence-electron chi connectivity index (χ3n) is 2.73. The van der Waals surface area contributed by atoms with Crippen LogP contribution >= 0.6 is 0 Å². The molecule has 0 aromatic heterocycles. The second-order valence-corrected chi connectivity index (χ2v) is 4.27. The Kier molecular flexibility index (Phi) is 4.52. The van der Waals surface area contributed by atoms with Crippen molar-refractivity contribution in [1.82, 2.24) is 0 Å². The normalized spacial score (nSPS) is 39.5. The van der Waals surface area contributed by atoms with Crippen LogP contribution in [0.15, 0.2) is 5.11 Å². The predicted octanol–water partition coefficient (Wildman–Crippen LogP) is -0.197. The molecule has 16 heavy (non-hydrogen) atoms. The molecule has 0 bridgehead atoms. The quantitative estimate of drug-likeness (QED) is 0.354. The summed E-state index contributed by atoms with van der Waals surface area (Å²) in [6.45, 7) is 3.61. The minimum Gasteiger partial charge on any atom is -0.388 e. The maximum Gasteiger partial charge on any atom is 0.111 e. The highest BCUT2D eigenvalue weighted by Gasteiger charge is 2.44. The number of hydrogen-bond donors (Lipinski definition) is 3. The molecule has 7 heteroatoms. The van der Waals surface area contributed by atoms with E-state index in [1.165, 1.54) is 0 Å². The SMILES string of the molecule is CC(C)[C@@H]1OC(CN=[N+]=[N-])[C@H](O)C(O)C1O. The fourth-order valence-electron chi connectivity index (χ4n) is 1.80. The molecule has 1 heterocycles. The Morgan fingerprint density at radius 3 is 2.38 bits per heavy atom. The molecule has 1 aliphatic rings. The number of ether oxygens (including phenoxy) is 1. The molecule has 0 aromatic carbocycles. The highest BCUT2D eigenvalue weighted by atomic mass is 16.5. The van der Waals surface area contributed by atoms with Crippen LogP contribution in [0, 0.1) is 5.92 Å². The molecular weight excluding hydrogens is 214 g/mol. The summed E-state index contributed by atoms with van der Waals surface area (Å²) in [5.41, 5.74) is 8.19. The van der Waals surface area contributed by atoms with E-state index >= 15 is 0 Å². The fourth-order valence-corrected chi connectivity index (χ4v) is 1.80. The van der Waals surface area contributed by atoms with E-state index < -0.39 is 30.5 Å². The number of aliphatic hydroxyl groups is 3. The molecule has 0 aromatic rings. The third-order valence-corrected chi connectivity index (χ3v) is 2.73. The largest absolute Gasteiger partial charge is 0.388 e. The molecule has 1 rings (SSSR count). The van der Waals surface area contributed by atoms with E-state index in [9.17, 15) is 15.3 Å². The number of rotatable bonds is 3. The molecule has 7 nitrogen and oxygen atoms in total. The van der Waals surface area contributed by atoms with Crippen molar-refractivity contribution in [2.24, 2.45) is 11.0 Å². The lowest BCUT2D eigenvalue weighted by atomic mass is 9.89. The Balaban J connectivity index is 2.76. The van der Waals surface area contributed by atoms with Crippen LogP contribution in [-0.2, 0) is 4.74 Å². The van der Waals surface area contributed by atoms with Crippen molar-refractivity contribution in [3.05, 3.63) is 10.4 Å². The van der Waals surface area contributed by atoms with E-state index in [4.69, 9.17) is 10.3 Å². The van der Waals surface area contributed by atoms with Crippen LogP contribution in [0.2, 0.25) is 0 Å². The molecule has 3 unspecified atom stereocenters. The first-order valence-corrected chi connectivity index (χ1v) is 5.19. The summed E-state index contributed by atoms with van der Waals surface area (Å²) in [5, 5.41) is 32.2. The van der Waals surface area contributed by atoms with Crippen LogP contribution in [0.1, 0.15) is 13.8 Å². The first-order chi connectivity index (χ1) is 7.49. The van der Waals surface area contributed by atoms with Gasteiger partial charge in [-0.05, 0) is 11.4 Å². The lowest BCUT2D eigenvalue weighted by Gasteiger charge is -2.42. The van der Waals surface area contributed by atoms with Crippen LogP contribution in [0.5, 0.6) is 0 Å². The number of aliphatic hydroxyl groups excluding tert-OH is 3. The molecule has 92 valence electrons. The first kappa shape index (κ1) is 13.2. The number of azide groups is 1. The van der Waals surface area contributed by atoms with E-state index in [0.717, 1.165) is 0 Å². The van der Waals surface area contributed by atoms with Crippen molar-refractivity contribution in [2.75, 3.05) is 6.54 Å².